The maximum Gasteiger partial charge on any atom is 0.330 e. The minimum absolute atomic E-state index is 0.129. The first-order valence-corrected chi connectivity index (χ1v) is 9.12. The summed E-state index contributed by atoms with van der Waals surface area (Å²) in [5, 5.41) is 10.4. The molecule has 0 aromatic heterocycles. The number of hydrogen-bond acceptors (Lipinski definition) is 5. The van der Waals surface area contributed by atoms with E-state index in [1.54, 1.807) is 6.92 Å². The number of carbonyl (C=O) groups excluding carboxylic acids is 1. The molecule has 2 saturated carbocycles. The molecule has 26 heavy (non-hydrogen) atoms. The van der Waals surface area contributed by atoms with Gasteiger partial charge in [-0.3, -0.25) is 0 Å². The minimum atomic E-state index is -3.61. The smallest absolute Gasteiger partial charge is 0.330 e. The summed E-state index contributed by atoms with van der Waals surface area (Å²) >= 11 is 0. The third kappa shape index (κ3) is 2.88. The van der Waals surface area contributed by atoms with Gasteiger partial charge in [0.25, 0.3) is 0 Å². The van der Waals surface area contributed by atoms with Crippen molar-refractivity contribution in [2.45, 2.75) is 88.5 Å². The Morgan fingerprint density at radius 3 is 2.50 bits per heavy atom. The third-order valence-electron chi connectivity index (χ3n) is 6.10. The van der Waals surface area contributed by atoms with Crippen molar-refractivity contribution in [3.63, 3.8) is 0 Å². The summed E-state index contributed by atoms with van der Waals surface area (Å²) in [6, 6.07) is 0. The monoisotopic (exact) mass is 374 g/mol. The second-order valence-electron chi connectivity index (χ2n) is 8.87. The SMILES string of the molecule is C=CC(=O)OC1(C)CC2CCC3(OC(C)(C)OC(C)(O)C3(F)F)C(C2)C1. The predicted molar refractivity (Wildman–Crippen MR) is 89.3 cm³/mol. The van der Waals surface area contributed by atoms with Crippen LogP contribution in [0.5, 0.6) is 0 Å². The van der Waals surface area contributed by atoms with E-state index < -0.39 is 40.6 Å². The van der Waals surface area contributed by atoms with Crippen LogP contribution in [0.2, 0.25) is 0 Å². The number of carbonyl (C=O) groups is 1. The molecular weight excluding hydrogens is 346 g/mol. The fourth-order valence-electron chi connectivity index (χ4n) is 5.36. The number of aliphatic hydroxyl groups is 1. The van der Waals surface area contributed by atoms with Gasteiger partial charge in [-0.25, -0.2) is 4.79 Å². The zero-order valence-electron chi connectivity index (χ0n) is 15.8. The van der Waals surface area contributed by atoms with E-state index in [9.17, 15) is 9.90 Å². The molecule has 2 bridgehead atoms. The van der Waals surface area contributed by atoms with Crippen LogP contribution in [0.1, 0.15) is 59.8 Å². The van der Waals surface area contributed by atoms with Crippen LogP contribution in [0.3, 0.4) is 0 Å². The Labute approximate surface area is 152 Å². The van der Waals surface area contributed by atoms with E-state index >= 15 is 8.78 Å². The standard InChI is InChI=1S/C19H28F2O5/c1-6-14(22)24-16(4)10-12-7-8-18(13(9-12)11-16)19(20,21)17(5,23)25-15(2,3)26-18/h6,12-13,23H,1,7-11H2,2-5H3. The van der Waals surface area contributed by atoms with Gasteiger partial charge in [-0.05, 0) is 71.6 Å². The molecule has 0 radical (unpaired) electrons. The van der Waals surface area contributed by atoms with Crippen molar-refractivity contribution in [1.29, 1.82) is 0 Å². The van der Waals surface area contributed by atoms with Crippen molar-refractivity contribution in [3.8, 4) is 0 Å². The number of ether oxygens (including phenoxy) is 3. The molecule has 1 N–H and O–H groups in total. The molecule has 3 rings (SSSR count). The molecule has 1 aliphatic heterocycles. The van der Waals surface area contributed by atoms with E-state index in [1.807, 2.05) is 0 Å². The van der Waals surface area contributed by atoms with Crippen LogP contribution < -0.4 is 0 Å². The minimum Gasteiger partial charge on any atom is -0.456 e. The van der Waals surface area contributed by atoms with Gasteiger partial charge in [0.15, 0.2) is 5.79 Å². The Kier molecular flexibility index (Phi) is 4.34. The molecule has 7 heteroatoms. The summed E-state index contributed by atoms with van der Waals surface area (Å²) in [6.07, 6.45) is 3.14. The van der Waals surface area contributed by atoms with Crippen molar-refractivity contribution in [1.82, 2.24) is 0 Å². The zero-order chi connectivity index (χ0) is 19.6. The topological polar surface area (TPSA) is 65.0 Å². The lowest BCUT2D eigenvalue weighted by Crippen LogP contribution is -2.75. The lowest BCUT2D eigenvalue weighted by molar-refractivity contribution is -0.501. The van der Waals surface area contributed by atoms with Crippen LogP contribution in [0.4, 0.5) is 8.78 Å². The van der Waals surface area contributed by atoms with Crippen LogP contribution in [0.15, 0.2) is 12.7 Å². The Bertz CT molecular complexity index is 617. The molecule has 148 valence electrons. The van der Waals surface area contributed by atoms with Gasteiger partial charge >= 0.3 is 11.9 Å². The van der Waals surface area contributed by atoms with Gasteiger partial charge in [-0.15, -0.1) is 0 Å². The zero-order valence-corrected chi connectivity index (χ0v) is 15.8. The summed E-state index contributed by atoms with van der Waals surface area (Å²) in [7, 11) is 0. The van der Waals surface area contributed by atoms with Crippen molar-refractivity contribution in [2.24, 2.45) is 11.8 Å². The van der Waals surface area contributed by atoms with Crippen LogP contribution in [-0.2, 0) is 19.0 Å². The highest BCUT2D eigenvalue weighted by Gasteiger charge is 2.75. The molecule has 3 fully saturated rings. The van der Waals surface area contributed by atoms with Crippen LogP contribution >= 0.6 is 0 Å². The predicted octanol–water partition coefficient (Wildman–Crippen LogP) is 3.55. The van der Waals surface area contributed by atoms with Gasteiger partial charge in [0.05, 0.1) is 0 Å². The molecular formula is C19H28F2O5. The van der Waals surface area contributed by atoms with Gasteiger partial charge in [0.1, 0.15) is 11.2 Å². The van der Waals surface area contributed by atoms with Crippen LogP contribution in [0, 0.1) is 11.8 Å². The molecule has 5 atom stereocenters. The first kappa shape index (κ1) is 19.7. The Balaban J connectivity index is 1.99. The van der Waals surface area contributed by atoms with E-state index in [2.05, 4.69) is 6.58 Å². The maximum atomic E-state index is 15.4. The highest BCUT2D eigenvalue weighted by molar-refractivity contribution is 5.81. The lowest BCUT2D eigenvalue weighted by Gasteiger charge is -2.62. The van der Waals surface area contributed by atoms with E-state index in [0.717, 1.165) is 13.0 Å². The van der Waals surface area contributed by atoms with Crippen molar-refractivity contribution >= 4 is 5.97 Å². The molecule has 3 aliphatic rings. The average molecular weight is 374 g/mol. The molecule has 0 aromatic rings. The van der Waals surface area contributed by atoms with Gasteiger partial charge in [0.2, 0.25) is 5.79 Å². The summed E-state index contributed by atoms with van der Waals surface area (Å²) in [4.78, 5) is 11.7. The van der Waals surface area contributed by atoms with Crippen LogP contribution in [0.25, 0.3) is 0 Å². The number of halogens is 2. The highest BCUT2D eigenvalue weighted by atomic mass is 19.3. The first-order valence-electron chi connectivity index (χ1n) is 9.12. The Morgan fingerprint density at radius 2 is 1.88 bits per heavy atom. The molecule has 1 spiro atoms. The van der Waals surface area contributed by atoms with E-state index in [0.29, 0.717) is 19.3 Å². The highest BCUT2D eigenvalue weighted by Crippen LogP contribution is 2.62. The van der Waals surface area contributed by atoms with Gasteiger partial charge in [-0.1, -0.05) is 6.58 Å². The van der Waals surface area contributed by atoms with Crippen molar-refractivity contribution in [3.05, 3.63) is 12.7 Å². The molecule has 2 aliphatic carbocycles. The van der Waals surface area contributed by atoms with Gasteiger partial charge < -0.3 is 19.3 Å². The quantitative estimate of drug-likeness (QED) is 0.592. The van der Waals surface area contributed by atoms with E-state index in [1.165, 1.54) is 13.8 Å². The molecule has 5 nitrogen and oxygen atoms in total. The fraction of sp³-hybridized carbons (Fsp3) is 0.842. The number of rotatable bonds is 2. The fourth-order valence-corrected chi connectivity index (χ4v) is 5.36. The molecule has 1 heterocycles. The van der Waals surface area contributed by atoms with Crippen molar-refractivity contribution < 1.29 is 32.9 Å². The second-order valence-corrected chi connectivity index (χ2v) is 8.87. The summed E-state index contributed by atoms with van der Waals surface area (Å²) in [5.41, 5.74) is -2.73. The number of hydrogen-bond donors (Lipinski definition) is 1. The normalized spacial score (nSPS) is 46.6. The van der Waals surface area contributed by atoms with Gasteiger partial charge in [-0.2, -0.15) is 8.78 Å². The Hall–Kier alpha value is -1.05. The average Bonchev–Trinajstić information content (AvgIpc) is 2.46. The third-order valence-corrected chi connectivity index (χ3v) is 6.10. The summed E-state index contributed by atoms with van der Waals surface area (Å²) < 4.78 is 47.4. The van der Waals surface area contributed by atoms with Crippen LogP contribution in [-0.4, -0.2) is 39.8 Å². The van der Waals surface area contributed by atoms with E-state index in [4.69, 9.17) is 14.2 Å². The molecule has 5 unspecified atom stereocenters. The first-order chi connectivity index (χ1) is 11.8. The van der Waals surface area contributed by atoms with Gasteiger partial charge in [0, 0.05) is 6.08 Å². The number of fused-ring (bicyclic) bond motifs is 3. The second kappa shape index (κ2) is 5.72. The lowest BCUT2D eigenvalue weighted by atomic mass is 9.57. The Morgan fingerprint density at radius 1 is 1.23 bits per heavy atom. The maximum absolute atomic E-state index is 15.4. The number of alkyl halides is 2. The van der Waals surface area contributed by atoms with Crippen molar-refractivity contribution in [2.75, 3.05) is 0 Å². The molecule has 0 amide bonds. The largest absolute Gasteiger partial charge is 0.456 e. The summed E-state index contributed by atoms with van der Waals surface area (Å²) in [6.45, 7) is 9.23. The molecule has 1 saturated heterocycles. The van der Waals surface area contributed by atoms with E-state index in [-0.39, 0.29) is 18.8 Å². The summed E-state index contributed by atoms with van der Waals surface area (Å²) in [5.74, 6) is -8.57. The number of esters is 1. The molecule has 0 aromatic carbocycles.